The number of benzene rings is 2. The van der Waals surface area contributed by atoms with E-state index in [1.54, 1.807) is 18.2 Å². The van der Waals surface area contributed by atoms with Gasteiger partial charge in [0.2, 0.25) is 12.7 Å². The lowest BCUT2D eigenvalue weighted by Crippen LogP contribution is -2.20. The van der Waals surface area contributed by atoms with Crippen molar-refractivity contribution in [3.05, 3.63) is 63.9 Å². The number of hydrogen-bond acceptors (Lipinski definition) is 3. The number of rotatable bonds is 4. The molecule has 0 saturated carbocycles. The number of amides is 1. The maximum atomic E-state index is 13.6. The Hall–Kier alpha value is -2.34. The highest BCUT2D eigenvalue weighted by molar-refractivity contribution is 9.10. The van der Waals surface area contributed by atoms with Crippen molar-refractivity contribution >= 4 is 27.9 Å². The lowest BCUT2D eigenvalue weighted by Gasteiger charge is -2.04. The molecule has 0 unspecified atom stereocenters. The smallest absolute Gasteiger partial charge is 0.244 e. The molecule has 0 saturated heterocycles. The van der Waals surface area contributed by atoms with Crippen LogP contribution in [0.25, 0.3) is 6.08 Å². The third kappa shape index (κ3) is 3.90. The van der Waals surface area contributed by atoms with Crippen molar-refractivity contribution in [3.63, 3.8) is 0 Å². The highest BCUT2D eigenvalue weighted by Crippen LogP contribution is 2.32. The van der Waals surface area contributed by atoms with E-state index in [0.717, 1.165) is 10.0 Å². The summed E-state index contributed by atoms with van der Waals surface area (Å²) in [6.45, 7) is 0.562. The van der Waals surface area contributed by atoms with Gasteiger partial charge in [0, 0.05) is 22.7 Å². The number of ether oxygens (including phenoxy) is 2. The zero-order valence-corrected chi connectivity index (χ0v) is 13.6. The molecule has 0 fully saturated rings. The summed E-state index contributed by atoms with van der Waals surface area (Å²) in [5.41, 5.74) is 1.24. The molecule has 0 bridgehead atoms. The van der Waals surface area contributed by atoms with Gasteiger partial charge in [-0.05, 0) is 42.0 Å². The molecule has 1 aliphatic rings. The summed E-state index contributed by atoms with van der Waals surface area (Å²) in [7, 11) is 0. The number of carbonyl (C=O) groups excluding carboxylic acids is 1. The van der Waals surface area contributed by atoms with Gasteiger partial charge in [-0.15, -0.1) is 0 Å². The van der Waals surface area contributed by atoms with Crippen LogP contribution in [-0.2, 0) is 11.3 Å². The van der Waals surface area contributed by atoms with Crippen LogP contribution in [0.1, 0.15) is 11.1 Å². The first kappa shape index (κ1) is 15.6. The Morgan fingerprint density at radius 3 is 2.91 bits per heavy atom. The molecule has 0 aromatic heterocycles. The van der Waals surface area contributed by atoms with Crippen molar-refractivity contribution in [1.82, 2.24) is 5.32 Å². The molecule has 0 spiro atoms. The predicted molar refractivity (Wildman–Crippen MR) is 87.5 cm³/mol. The normalized spacial score (nSPS) is 12.6. The van der Waals surface area contributed by atoms with Crippen LogP contribution in [0.15, 0.2) is 46.9 Å². The zero-order chi connectivity index (χ0) is 16.2. The van der Waals surface area contributed by atoms with E-state index in [9.17, 15) is 9.18 Å². The molecule has 1 aliphatic heterocycles. The highest BCUT2D eigenvalue weighted by Gasteiger charge is 2.13. The predicted octanol–water partition coefficient (Wildman–Crippen LogP) is 3.65. The Kier molecular flexibility index (Phi) is 4.62. The van der Waals surface area contributed by atoms with Crippen molar-refractivity contribution in [2.75, 3.05) is 6.79 Å². The molecule has 23 heavy (non-hydrogen) atoms. The van der Waals surface area contributed by atoms with Crippen LogP contribution in [0.2, 0.25) is 0 Å². The van der Waals surface area contributed by atoms with Crippen LogP contribution >= 0.6 is 15.9 Å². The molecule has 0 radical (unpaired) electrons. The van der Waals surface area contributed by atoms with Gasteiger partial charge in [0.25, 0.3) is 0 Å². The third-order valence-corrected chi connectivity index (χ3v) is 3.77. The molecule has 6 heteroatoms. The van der Waals surface area contributed by atoms with Crippen molar-refractivity contribution < 1.29 is 18.7 Å². The summed E-state index contributed by atoms with van der Waals surface area (Å²) in [4.78, 5) is 11.8. The zero-order valence-electron chi connectivity index (χ0n) is 12.0. The minimum Gasteiger partial charge on any atom is -0.454 e. The first-order valence-electron chi connectivity index (χ1n) is 6.91. The van der Waals surface area contributed by atoms with Crippen molar-refractivity contribution in [2.45, 2.75) is 6.54 Å². The number of hydrogen-bond donors (Lipinski definition) is 1. The fourth-order valence-electron chi connectivity index (χ4n) is 2.11. The van der Waals surface area contributed by atoms with Crippen molar-refractivity contribution in [3.8, 4) is 11.5 Å². The summed E-state index contributed by atoms with van der Waals surface area (Å²) in [6.07, 6.45) is 2.74. The lowest BCUT2D eigenvalue weighted by atomic mass is 10.2. The maximum absolute atomic E-state index is 13.6. The summed E-state index contributed by atoms with van der Waals surface area (Å²) in [5.74, 6) is 0.684. The Labute approximate surface area is 141 Å². The summed E-state index contributed by atoms with van der Waals surface area (Å²) in [5, 5.41) is 2.74. The molecule has 1 N–H and O–H groups in total. The number of halogens is 2. The van der Waals surface area contributed by atoms with Crippen LogP contribution in [0, 0.1) is 5.82 Å². The molecular weight excluding hydrogens is 365 g/mol. The molecule has 1 amide bonds. The first-order valence-corrected chi connectivity index (χ1v) is 7.70. The Bertz CT molecular complexity index is 776. The van der Waals surface area contributed by atoms with Gasteiger partial charge in [-0.25, -0.2) is 4.39 Å². The molecule has 2 aromatic rings. The van der Waals surface area contributed by atoms with E-state index in [1.165, 1.54) is 18.2 Å². The van der Waals surface area contributed by atoms with Gasteiger partial charge in [-0.2, -0.15) is 0 Å². The molecule has 3 rings (SSSR count). The average molecular weight is 378 g/mol. The second kappa shape index (κ2) is 6.83. The monoisotopic (exact) mass is 377 g/mol. The van der Waals surface area contributed by atoms with E-state index in [4.69, 9.17) is 9.47 Å². The van der Waals surface area contributed by atoms with Crippen LogP contribution in [0.3, 0.4) is 0 Å². The van der Waals surface area contributed by atoms with Gasteiger partial charge in [-0.1, -0.05) is 22.0 Å². The summed E-state index contributed by atoms with van der Waals surface area (Å²) in [6, 6.07) is 10.0. The topological polar surface area (TPSA) is 47.6 Å². The highest BCUT2D eigenvalue weighted by atomic mass is 79.9. The average Bonchev–Trinajstić information content (AvgIpc) is 3.01. The van der Waals surface area contributed by atoms with Gasteiger partial charge >= 0.3 is 0 Å². The summed E-state index contributed by atoms with van der Waals surface area (Å²) < 4.78 is 24.8. The fourth-order valence-corrected chi connectivity index (χ4v) is 2.49. The summed E-state index contributed by atoms with van der Waals surface area (Å²) >= 11 is 3.27. The molecule has 2 aromatic carbocycles. The standard InChI is InChI=1S/C17H13BrFNO3/c18-13-3-4-14(19)12(8-13)2-6-17(21)20-9-11-1-5-15-16(7-11)23-10-22-15/h1-8H,9-10H2,(H,20,21). The van der Waals surface area contributed by atoms with E-state index in [-0.39, 0.29) is 18.5 Å². The van der Waals surface area contributed by atoms with Gasteiger partial charge in [-0.3, -0.25) is 4.79 Å². The maximum Gasteiger partial charge on any atom is 0.244 e. The quantitative estimate of drug-likeness (QED) is 0.827. The van der Waals surface area contributed by atoms with E-state index in [0.29, 0.717) is 23.6 Å². The van der Waals surface area contributed by atoms with E-state index < -0.39 is 0 Å². The molecular formula is C17H13BrFNO3. The van der Waals surface area contributed by atoms with Crippen LogP contribution < -0.4 is 14.8 Å². The lowest BCUT2D eigenvalue weighted by molar-refractivity contribution is -0.116. The largest absolute Gasteiger partial charge is 0.454 e. The number of carbonyl (C=O) groups is 1. The van der Waals surface area contributed by atoms with E-state index in [1.807, 2.05) is 12.1 Å². The van der Waals surface area contributed by atoms with Crippen molar-refractivity contribution in [2.24, 2.45) is 0 Å². The van der Waals surface area contributed by atoms with Crippen molar-refractivity contribution in [1.29, 1.82) is 0 Å². The first-order chi connectivity index (χ1) is 11.1. The second-order valence-electron chi connectivity index (χ2n) is 4.90. The minimum absolute atomic E-state index is 0.214. The number of fused-ring (bicyclic) bond motifs is 1. The SMILES string of the molecule is O=C(C=Cc1cc(Br)ccc1F)NCc1ccc2c(c1)OCO2. The van der Waals surface area contributed by atoms with Crippen LogP contribution in [0.4, 0.5) is 4.39 Å². The van der Waals surface area contributed by atoms with Crippen LogP contribution in [0.5, 0.6) is 11.5 Å². The van der Waals surface area contributed by atoms with Gasteiger partial charge in [0.15, 0.2) is 11.5 Å². The van der Waals surface area contributed by atoms with Gasteiger partial charge in [0.1, 0.15) is 5.82 Å². The second-order valence-corrected chi connectivity index (χ2v) is 5.82. The van der Waals surface area contributed by atoms with Gasteiger partial charge in [0.05, 0.1) is 0 Å². The molecule has 0 aliphatic carbocycles. The molecule has 1 heterocycles. The number of nitrogens with one attached hydrogen (secondary N) is 1. The van der Waals surface area contributed by atoms with E-state index >= 15 is 0 Å². The molecule has 118 valence electrons. The van der Waals surface area contributed by atoms with E-state index in [2.05, 4.69) is 21.2 Å². The molecule has 4 nitrogen and oxygen atoms in total. The van der Waals surface area contributed by atoms with Crippen LogP contribution in [-0.4, -0.2) is 12.7 Å². The fraction of sp³-hybridized carbons (Fsp3) is 0.118. The Balaban J connectivity index is 1.59. The Morgan fingerprint density at radius 2 is 2.04 bits per heavy atom. The Morgan fingerprint density at radius 1 is 1.22 bits per heavy atom. The third-order valence-electron chi connectivity index (χ3n) is 3.28. The van der Waals surface area contributed by atoms with Gasteiger partial charge < -0.3 is 14.8 Å². The molecule has 0 atom stereocenters. The minimum atomic E-state index is -0.381.